The quantitative estimate of drug-likeness (QED) is 0.580. The summed E-state index contributed by atoms with van der Waals surface area (Å²) in [4.78, 5) is 0.772. The van der Waals surface area contributed by atoms with Crippen molar-refractivity contribution in [3.63, 3.8) is 0 Å². The topological polar surface area (TPSA) is 0 Å². The van der Waals surface area contributed by atoms with Crippen LogP contribution in [0.1, 0.15) is 11.1 Å². The van der Waals surface area contributed by atoms with E-state index < -0.39 is 0 Å². The van der Waals surface area contributed by atoms with Gasteiger partial charge < -0.3 is 0 Å². The fourth-order valence-electron chi connectivity index (χ4n) is 2.70. The predicted octanol–water partition coefficient (Wildman–Crippen LogP) is 3.35. The Kier molecular flexibility index (Phi) is 3.28. The van der Waals surface area contributed by atoms with Gasteiger partial charge >= 0.3 is 116 Å². The van der Waals surface area contributed by atoms with Gasteiger partial charge in [-0.05, 0) is 0 Å². The van der Waals surface area contributed by atoms with Crippen LogP contribution >= 0.6 is 0 Å². The fourth-order valence-corrected chi connectivity index (χ4v) is 5.56. The zero-order valence-corrected chi connectivity index (χ0v) is 12.5. The summed E-state index contributed by atoms with van der Waals surface area (Å²) in [6.45, 7) is 4.42. The number of rotatable bonds is 2. The Hall–Kier alpha value is -1.04. The number of fused-ring (bicyclic) bond motifs is 2. The van der Waals surface area contributed by atoms with Crippen LogP contribution in [0.3, 0.4) is 0 Å². The Morgan fingerprint density at radius 2 is 1.56 bits per heavy atom. The second-order valence-electron chi connectivity index (χ2n) is 5.16. The van der Waals surface area contributed by atoms with E-state index in [-0.39, 0.29) is 0 Å². The monoisotopic (exact) mass is 302 g/mol. The molecule has 1 aromatic rings. The van der Waals surface area contributed by atoms with E-state index in [1.807, 2.05) is 0 Å². The molecule has 0 heterocycles. The number of aryl methyl sites for hydroxylation is 2. The molecule has 2 aliphatic carbocycles. The first-order valence-corrected chi connectivity index (χ1v) is 8.36. The van der Waals surface area contributed by atoms with Crippen LogP contribution in [0.25, 0.3) is 0 Å². The number of allylic oxidation sites excluding steroid dienone is 6. The molecule has 0 N–H and O–H groups in total. The van der Waals surface area contributed by atoms with Crippen LogP contribution in [0.15, 0.2) is 54.7 Å². The van der Waals surface area contributed by atoms with Crippen molar-refractivity contribution < 1.29 is 0 Å². The summed E-state index contributed by atoms with van der Waals surface area (Å²) >= 11 is 0.551. The molecule has 0 nitrogen and oxygen atoms in total. The summed E-state index contributed by atoms with van der Waals surface area (Å²) < 4.78 is 1.57. The summed E-state index contributed by atoms with van der Waals surface area (Å²) in [7, 11) is 0. The maximum absolute atomic E-state index is 2.39. The van der Waals surface area contributed by atoms with E-state index in [1.165, 1.54) is 11.1 Å². The minimum absolute atomic E-state index is 0.551. The molecule has 2 bridgehead atoms. The van der Waals surface area contributed by atoms with E-state index in [9.17, 15) is 0 Å². The molecule has 3 rings (SSSR count). The summed E-state index contributed by atoms with van der Waals surface area (Å²) in [5.74, 6) is 1.29. The van der Waals surface area contributed by atoms with Crippen LogP contribution in [0.4, 0.5) is 0 Å². The van der Waals surface area contributed by atoms with Crippen molar-refractivity contribution in [2.45, 2.75) is 18.7 Å². The number of hydrogen-bond acceptors (Lipinski definition) is 0. The van der Waals surface area contributed by atoms with Gasteiger partial charge in [0.15, 0.2) is 0 Å². The first-order valence-electron chi connectivity index (χ1n) is 6.51. The van der Waals surface area contributed by atoms with E-state index >= 15 is 0 Å². The molecule has 1 aromatic carbocycles. The van der Waals surface area contributed by atoms with Crippen LogP contribution in [-0.2, 0) is 0 Å². The van der Waals surface area contributed by atoms with Gasteiger partial charge in [-0.3, -0.25) is 0 Å². The van der Waals surface area contributed by atoms with Crippen molar-refractivity contribution in [2.75, 3.05) is 0 Å². The van der Waals surface area contributed by atoms with E-state index in [4.69, 9.17) is 0 Å². The van der Waals surface area contributed by atoms with Gasteiger partial charge in [0, 0.05) is 0 Å². The molecule has 0 amide bonds. The molecule has 0 spiro atoms. The van der Waals surface area contributed by atoms with Gasteiger partial charge in [0.05, 0.1) is 0 Å². The summed E-state index contributed by atoms with van der Waals surface area (Å²) in [6, 6.07) is 6.90. The zero-order chi connectivity index (χ0) is 12.5. The van der Waals surface area contributed by atoms with Crippen molar-refractivity contribution in [3.05, 3.63) is 65.8 Å². The van der Waals surface area contributed by atoms with Crippen LogP contribution in [-0.4, -0.2) is 15.0 Å². The molecule has 0 saturated heterocycles. The molecular formula is C17H18Se. The molecule has 2 unspecified atom stereocenters. The van der Waals surface area contributed by atoms with E-state index in [0.717, 1.165) is 4.82 Å². The zero-order valence-electron chi connectivity index (χ0n) is 10.8. The van der Waals surface area contributed by atoms with Gasteiger partial charge in [-0.15, -0.1) is 0 Å². The summed E-state index contributed by atoms with van der Waals surface area (Å²) in [5, 5.41) is 0. The molecule has 0 saturated carbocycles. The SMILES string of the molecule is Cc1ccc([Se]C2C3C=CC=CC2C=C3)c(C)c1. The maximum atomic E-state index is 2.39. The molecule has 18 heavy (non-hydrogen) atoms. The molecule has 0 radical (unpaired) electrons. The van der Waals surface area contributed by atoms with Gasteiger partial charge in [0.2, 0.25) is 0 Å². The van der Waals surface area contributed by atoms with E-state index in [0.29, 0.717) is 26.8 Å². The normalized spacial score (nSPS) is 28.7. The van der Waals surface area contributed by atoms with Crippen LogP contribution in [0.2, 0.25) is 4.82 Å². The van der Waals surface area contributed by atoms with Crippen molar-refractivity contribution in [1.29, 1.82) is 0 Å². The van der Waals surface area contributed by atoms with Gasteiger partial charge in [0.25, 0.3) is 0 Å². The molecule has 0 fully saturated rings. The molecular weight excluding hydrogens is 283 g/mol. The minimum atomic E-state index is 0.551. The van der Waals surface area contributed by atoms with E-state index in [2.05, 4.69) is 68.5 Å². The standard InChI is InChI=1S/C17H18Se/c1-12-7-10-16(13(2)11-12)18-17-14-5-3-4-6-15(17)9-8-14/h3-11,14-15,17H,1-2H3. The van der Waals surface area contributed by atoms with Gasteiger partial charge in [-0.25, -0.2) is 0 Å². The van der Waals surface area contributed by atoms with Crippen molar-refractivity contribution in [2.24, 2.45) is 11.8 Å². The Morgan fingerprint density at radius 1 is 0.889 bits per heavy atom. The third-order valence-corrected chi connectivity index (χ3v) is 7.07. The van der Waals surface area contributed by atoms with Gasteiger partial charge in [-0.1, -0.05) is 0 Å². The van der Waals surface area contributed by atoms with Crippen LogP contribution < -0.4 is 4.46 Å². The predicted molar refractivity (Wildman–Crippen MR) is 79.5 cm³/mol. The van der Waals surface area contributed by atoms with Crippen LogP contribution in [0, 0.1) is 25.7 Å². The first-order chi connectivity index (χ1) is 8.74. The molecule has 1 heteroatoms. The summed E-state index contributed by atoms with van der Waals surface area (Å²) in [6.07, 6.45) is 13.9. The third-order valence-electron chi connectivity index (χ3n) is 3.69. The molecule has 2 aliphatic rings. The Balaban J connectivity index is 1.85. The third kappa shape index (κ3) is 2.25. The Morgan fingerprint density at radius 3 is 2.17 bits per heavy atom. The molecule has 2 atom stereocenters. The average Bonchev–Trinajstić information content (AvgIpc) is 2.56. The van der Waals surface area contributed by atoms with Gasteiger partial charge in [-0.2, -0.15) is 0 Å². The fraction of sp³-hybridized carbons (Fsp3) is 0.294. The molecule has 0 aromatic heterocycles. The average molecular weight is 301 g/mol. The second-order valence-corrected chi connectivity index (χ2v) is 7.72. The summed E-state index contributed by atoms with van der Waals surface area (Å²) in [5.41, 5.74) is 2.83. The Labute approximate surface area is 116 Å². The van der Waals surface area contributed by atoms with Crippen molar-refractivity contribution in [1.82, 2.24) is 0 Å². The molecule has 0 aliphatic heterocycles. The Bertz CT molecular complexity index is 515. The number of benzene rings is 1. The van der Waals surface area contributed by atoms with Crippen molar-refractivity contribution >= 4 is 19.4 Å². The van der Waals surface area contributed by atoms with Crippen molar-refractivity contribution in [3.8, 4) is 0 Å². The first kappa shape index (κ1) is 12.0. The van der Waals surface area contributed by atoms with Crippen LogP contribution in [0.5, 0.6) is 0 Å². The molecule has 92 valence electrons. The second kappa shape index (κ2) is 4.91. The van der Waals surface area contributed by atoms with Gasteiger partial charge in [0.1, 0.15) is 0 Å². The van der Waals surface area contributed by atoms with E-state index in [1.54, 1.807) is 4.46 Å². The number of hydrogen-bond donors (Lipinski definition) is 0.